The molecule has 0 saturated carbocycles. The van der Waals surface area contributed by atoms with Crippen LogP contribution >= 0.6 is 15.9 Å². The molecule has 5 heteroatoms. The lowest BCUT2D eigenvalue weighted by molar-refractivity contribution is -0.145. The first-order valence-electron chi connectivity index (χ1n) is 5.15. The third kappa shape index (κ3) is 4.28. The molecule has 4 nitrogen and oxygen atoms in total. The number of halogens is 1. The molecule has 1 aromatic heterocycles. The number of hydrogen-bond donors (Lipinski definition) is 1. The Balaban J connectivity index is 2.42. The van der Waals surface area contributed by atoms with E-state index in [4.69, 9.17) is 4.74 Å². The SMILES string of the molecule is CCOC(=O)C(C)NCc1cccc(Br)n1. The summed E-state index contributed by atoms with van der Waals surface area (Å²) in [6, 6.07) is 5.34. The highest BCUT2D eigenvalue weighted by Gasteiger charge is 2.12. The van der Waals surface area contributed by atoms with Crippen molar-refractivity contribution in [3.8, 4) is 0 Å². The van der Waals surface area contributed by atoms with Crippen LogP contribution in [-0.2, 0) is 16.1 Å². The molecule has 1 rings (SSSR count). The highest BCUT2D eigenvalue weighted by Crippen LogP contribution is 2.06. The number of ether oxygens (including phenoxy) is 1. The maximum Gasteiger partial charge on any atom is 0.322 e. The molecule has 1 unspecified atom stereocenters. The second-order valence-electron chi connectivity index (χ2n) is 3.31. The molecule has 0 radical (unpaired) electrons. The maximum absolute atomic E-state index is 11.3. The highest BCUT2D eigenvalue weighted by atomic mass is 79.9. The van der Waals surface area contributed by atoms with Crippen molar-refractivity contribution in [2.75, 3.05) is 6.61 Å². The number of esters is 1. The van der Waals surface area contributed by atoms with Gasteiger partial charge in [-0.2, -0.15) is 0 Å². The van der Waals surface area contributed by atoms with Crippen LogP contribution in [-0.4, -0.2) is 23.6 Å². The van der Waals surface area contributed by atoms with Crippen molar-refractivity contribution >= 4 is 21.9 Å². The molecule has 0 saturated heterocycles. The lowest BCUT2D eigenvalue weighted by Crippen LogP contribution is -2.35. The summed E-state index contributed by atoms with van der Waals surface area (Å²) >= 11 is 3.29. The van der Waals surface area contributed by atoms with Gasteiger partial charge >= 0.3 is 5.97 Å². The molecule has 1 heterocycles. The number of nitrogens with one attached hydrogen (secondary N) is 1. The summed E-state index contributed by atoms with van der Waals surface area (Å²) in [6.45, 7) is 4.51. The highest BCUT2D eigenvalue weighted by molar-refractivity contribution is 9.10. The van der Waals surface area contributed by atoms with Crippen molar-refractivity contribution in [3.63, 3.8) is 0 Å². The van der Waals surface area contributed by atoms with E-state index in [1.807, 2.05) is 18.2 Å². The number of carbonyl (C=O) groups is 1. The molecule has 0 aliphatic carbocycles. The van der Waals surface area contributed by atoms with Gasteiger partial charge in [0, 0.05) is 6.54 Å². The van der Waals surface area contributed by atoms with Crippen LogP contribution in [0.3, 0.4) is 0 Å². The van der Waals surface area contributed by atoms with Gasteiger partial charge < -0.3 is 4.74 Å². The van der Waals surface area contributed by atoms with E-state index in [2.05, 4.69) is 26.2 Å². The van der Waals surface area contributed by atoms with E-state index in [1.165, 1.54) is 0 Å². The van der Waals surface area contributed by atoms with E-state index in [1.54, 1.807) is 13.8 Å². The Hall–Kier alpha value is -0.940. The summed E-state index contributed by atoms with van der Waals surface area (Å²) in [6.07, 6.45) is 0. The number of rotatable bonds is 5. The molecule has 16 heavy (non-hydrogen) atoms. The fourth-order valence-corrected chi connectivity index (χ4v) is 1.54. The van der Waals surface area contributed by atoms with Gasteiger partial charge in [-0.05, 0) is 41.9 Å². The van der Waals surface area contributed by atoms with E-state index in [9.17, 15) is 4.79 Å². The Morgan fingerprint density at radius 1 is 1.62 bits per heavy atom. The van der Waals surface area contributed by atoms with Crippen LogP contribution in [0.4, 0.5) is 0 Å². The fourth-order valence-electron chi connectivity index (χ4n) is 1.16. The van der Waals surface area contributed by atoms with Crippen LogP contribution in [0.15, 0.2) is 22.8 Å². The summed E-state index contributed by atoms with van der Waals surface area (Å²) in [4.78, 5) is 15.6. The predicted octanol–water partition coefficient (Wildman–Crippen LogP) is 1.89. The van der Waals surface area contributed by atoms with Crippen molar-refractivity contribution < 1.29 is 9.53 Å². The summed E-state index contributed by atoms with van der Waals surface area (Å²) in [5.41, 5.74) is 0.880. The maximum atomic E-state index is 11.3. The molecule has 88 valence electrons. The molecule has 0 aliphatic heterocycles. The van der Waals surface area contributed by atoms with Crippen molar-refractivity contribution in [2.24, 2.45) is 0 Å². The van der Waals surface area contributed by atoms with Gasteiger partial charge in [0.05, 0.1) is 12.3 Å². The quantitative estimate of drug-likeness (QED) is 0.663. The summed E-state index contributed by atoms with van der Waals surface area (Å²) in [5.74, 6) is -0.238. The smallest absolute Gasteiger partial charge is 0.322 e. The summed E-state index contributed by atoms with van der Waals surface area (Å²) in [7, 11) is 0. The average molecular weight is 287 g/mol. The van der Waals surface area contributed by atoms with Gasteiger partial charge in [0.1, 0.15) is 10.6 Å². The number of carbonyl (C=O) groups excluding carboxylic acids is 1. The van der Waals surface area contributed by atoms with Crippen molar-refractivity contribution in [1.29, 1.82) is 0 Å². The van der Waals surface area contributed by atoms with Crippen LogP contribution in [0.25, 0.3) is 0 Å². The zero-order valence-corrected chi connectivity index (χ0v) is 11.0. The van der Waals surface area contributed by atoms with Gasteiger partial charge in [0.2, 0.25) is 0 Å². The Kier molecular flexibility index (Phi) is 5.42. The standard InChI is InChI=1S/C11H15BrN2O2/c1-3-16-11(15)8(2)13-7-9-5-4-6-10(12)14-9/h4-6,8,13H,3,7H2,1-2H3. The van der Waals surface area contributed by atoms with Crippen LogP contribution in [0, 0.1) is 0 Å². The zero-order valence-electron chi connectivity index (χ0n) is 9.37. The first-order valence-corrected chi connectivity index (χ1v) is 5.94. The van der Waals surface area contributed by atoms with E-state index in [0.717, 1.165) is 10.3 Å². The van der Waals surface area contributed by atoms with Crippen LogP contribution in [0.1, 0.15) is 19.5 Å². The summed E-state index contributed by atoms with van der Waals surface area (Å²) < 4.78 is 5.67. The second-order valence-corrected chi connectivity index (χ2v) is 4.12. The lowest BCUT2D eigenvalue weighted by atomic mass is 10.3. The first kappa shape index (κ1) is 13.1. The topological polar surface area (TPSA) is 51.2 Å². The number of hydrogen-bond acceptors (Lipinski definition) is 4. The Morgan fingerprint density at radius 2 is 2.38 bits per heavy atom. The molecular weight excluding hydrogens is 272 g/mol. The van der Waals surface area contributed by atoms with Gasteiger partial charge in [-0.15, -0.1) is 0 Å². The van der Waals surface area contributed by atoms with Crippen molar-refractivity contribution in [3.05, 3.63) is 28.5 Å². The zero-order chi connectivity index (χ0) is 12.0. The molecule has 0 amide bonds. The third-order valence-electron chi connectivity index (χ3n) is 2.00. The fraction of sp³-hybridized carbons (Fsp3) is 0.455. The van der Waals surface area contributed by atoms with Gasteiger partial charge in [-0.1, -0.05) is 6.07 Å². The minimum absolute atomic E-state index is 0.238. The molecule has 0 fully saturated rings. The van der Waals surface area contributed by atoms with E-state index < -0.39 is 0 Å². The van der Waals surface area contributed by atoms with E-state index in [0.29, 0.717) is 13.2 Å². The minimum Gasteiger partial charge on any atom is -0.465 e. The molecule has 0 bridgehead atoms. The second kappa shape index (κ2) is 6.60. The average Bonchev–Trinajstić information content (AvgIpc) is 2.26. The molecular formula is C11H15BrN2O2. The van der Waals surface area contributed by atoms with Crippen LogP contribution < -0.4 is 5.32 Å². The monoisotopic (exact) mass is 286 g/mol. The van der Waals surface area contributed by atoms with Crippen LogP contribution in [0.2, 0.25) is 0 Å². The largest absolute Gasteiger partial charge is 0.465 e. The predicted molar refractivity (Wildman–Crippen MR) is 64.9 cm³/mol. The third-order valence-corrected chi connectivity index (χ3v) is 2.44. The van der Waals surface area contributed by atoms with Crippen molar-refractivity contribution in [2.45, 2.75) is 26.4 Å². The molecule has 1 atom stereocenters. The number of pyridine rings is 1. The Morgan fingerprint density at radius 3 is 3.00 bits per heavy atom. The Bertz CT molecular complexity index is 358. The van der Waals surface area contributed by atoms with Gasteiger partial charge in [-0.25, -0.2) is 4.98 Å². The molecule has 0 aliphatic rings. The number of aromatic nitrogens is 1. The van der Waals surface area contributed by atoms with Gasteiger partial charge in [0.25, 0.3) is 0 Å². The van der Waals surface area contributed by atoms with Crippen LogP contribution in [0.5, 0.6) is 0 Å². The van der Waals surface area contributed by atoms with Crippen molar-refractivity contribution in [1.82, 2.24) is 10.3 Å². The molecule has 1 aromatic rings. The van der Waals surface area contributed by atoms with E-state index >= 15 is 0 Å². The normalized spacial score (nSPS) is 12.2. The van der Waals surface area contributed by atoms with E-state index in [-0.39, 0.29) is 12.0 Å². The molecule has 0 aromatic carbocycles. The first-order chi connectivity index (χ1) is 7.63. The summed E-state index contributed by atoms with van der Waals surface area (Å²) in [5, 5.41) is 3.05. The lowest BCUT2D eigenvalue weighted by Gasteiger charge is -2.12. The molecule has 1 N–H and O–H groups in total. The van der Waals surface area contributed by atoms with Gasteiger partial charge in [0.15, 0.2) is 0 Å². The minimum atomic E-state index is -0.319. The Labute approximate surface area is 104 Å². The molecule has 0 spiro atoms. The van der Waals surface area contributed by atoms with Gasteiger partial charge in [-0.3, -0.25) is 10.1 Å². The number of nitrogens with zero attached hydrogens (tertiary/aromatic N) is 1.